The van der Waals surface area contributed by atoms with Gasteiger partial charge in [0.25, 0.3) is 0 Å². The molecule has 3 heteroatoms. The van der Waals surface area contributed by atoms with E-state index in [1.165, 1.54) is 6.42 Å². The van der Waals surface area contributed by atoms with Gasteiger partial charge in [0.1, 0.15) is 0 Å². The van der Waals surface area contributed by atoms with Crippen molar-refractivity contribution in [3.8, 4) is 0 Å². The predicted molar refractivity (Wildman–Crippen MR) is 51.1 cm³/mol. The van der Waals surface area contributed by atoms with E-state index in [1.807, 2.05) is 11.8 Å². The maximum atomic E-state index is 11.6. The first kappa shape index (κ1) is 11.2. The van der Waals surface area contributed by atoms with E-state index in [0.29, 0.717) is 11.7 Å². The molecule has 0 amide bonds. The van der Waals surface area contributed by atoms with E-state index >= 15 is 0 Å². The third-order valence-electron chi connectivity index (χ3n) is 1.62. The molecule has 0 bridgehead atoms. The Hall–Kier alpha value is 0.240. The maximum Gasteiger partial charge on any atom is 0.0906 e. The lowest BCUT2D eigenvalue weighted by Gasteiger charge is -2.07. The molecule has 0 saturated heterocycles. The second-order valence-electron chi connectivity index (χ2n) is 2.63. The lowest BCUT2D eigenvalue weighted by atomic mass is 10.3. The van der Waals surface area contributed by atoms with Gasteiger partial charge in [-0.15, -0.1) is 0 Å². The fourth-order valence-electron chi connectivity index (χ4n) is 0.740. The van der Waals surface area contributed by atoms with Gasteiger partial charge in [-0.1, -0.05) is 6.92 Å². The van der Waals surface area contributed by atoms with Gasteiger partial charge in [0.05, 0.1) is 6.67 Å². The molecule has 0 fully saturated rings. The van der Waals surface area contributed by atoms with Crippen molar-refractivity contribution in [1.29, 1.82) is 0 Å². The summed E-state index contributed by atoms with van der Waals surface area (Å²) >= 11 is 1.87. The molecule has 0 aromatic heterocycles. The van der Waals surface area contributed by atoms with E-state index in [0.717, 1.165) is 13.1 Å². The molecule has 68 valence electrons. The van der Waals surface area contributed by atoms with Crippen molar-refractivity contribution in [2.75, 3.05) is 26.0 Å². The highest BCUT2D eigenvalue weighted by atomic mass is 32.2. The highest BCUT2D eigenvalue weighted by Gasteiger charge is 1.96. The summed E-state index contributed by atoms with van der Waals surface area (Å²) < 4.78 is 11.6. The first-order valence-corrected chi connectivity index (χ1v) is 5.39. The molecule has 0 aliphatic carbocycles. The Labute approximate surface area is 73.1 Å². The number of rotatable bonds is 7. The third-order valence-corrected chi connectivity index (χ3v) is 2.66. The topological polar surface area (TPSA) is 12.0 Å². The average molecular weight is 179 g/mol. The Morgan fingerprint density at radius 3 is 2.73 bits per heavy atom. The van der Waals surface area contributed by atoms with E-state index < -0.39 is 0 Å². The smallest absolute Gasteiger partial charge is 0.0906 e. The molecule has 1 unspecified atom stereocenters. The predicted octanol–water partition coefficient (Wildman–Crippen LogP) is 2.08. The number of halogens is 1. The van der Waals surface area contributed by atoms with Gasteiger partial charge >= 0.3 is 0 Å². The molecule has 0 radical (unpaired) electrons. The number of alkyl halides is 1. The Bertz CT molecular complexity index is 80.5. The van der Waals surface area contributed by atoms with Crippen molar-refractivity contribution < 1.29 is 4.39 Å². The van der Waals surface area contributed by atoms with Gasteiger partial charge in [0, 0.05) is 5.25 Å². The summed E-state index contributed by atoms with van der Waals surface area (Å²) in [5.74, 6) is 0. The summed E-state index contributed by atoms with van der Waals surface area (Å²) in [7, 11) is 0. The van der Waals surface area contributed by atoms with Crippen molar-refractivity contribution in [2.24, 2.45) is 0 Å². The van der Waals surface area contributed by atoms with Gasteiger partial charge < -0.3 is 5.32 Å². The van der Waals surface area contributed by atoms with Gasteiger partial charge in [-0.3, -0.25) is 4.39 Å². The minimum absolute atomic E-state index is 0.203. The Morgan fingerprint density at radius 1 is 1.45 bits per heavy atom. The molecule has 0 saturated carbocycles. The van der Waals surface area contributed by atoms with Crippen molar-refractivity contribution >= 4 is 11.8 Å². The van der Waals surface area contributed by atoms with E-state index in [1.54, 1.807) is 0 Å². The second-order valence-corrected chi connectivity index (χ2v) is 3.90. The van der Waals surface area contributed by atoms with Crippen LogP contribution in [0.25, 0.3) is 0 Å². The minimum atomic E-state index is -0.203. The van der Waals surface area contributed by atoms with Crippen LogP contribution in [0.1, 0.15) is 19.8 Å². The van der Waals surface area contributed by atoms with Crippen LogP contribution in [-0.2, 0) is 0 Å². The van der Waals surface area contributed by atoms with Gasteiger partial charge in [-0.2, -0.15) is 11.8 Å². The summed E-state index contributed by atoms with van der Waals surface area (Å²) in [6.45, 7) is 3.84. The van der Waals surface area contributed by atoms with E-state index in [4.69, 9.17) is 0 Å². The summed E-state index contributed by atoms with van der Waals surface area (Å²) in [6, 6.07) is 0. The zero-order chi connectivity index (χ0) is 8.53. The van der Waals surface area contributed by atoms with Crippen molar-refractivity contribution in [3.05, 3.63) is 0 Å². The molecule has 1 N–H and O–H groups in total. The van der Waals surface area contributed by atoms with Crippen LogP contribution in [0.3, 0.4) is 0 Å². The van der Waals surface area contributed by atoms with Crippen molar-refractivity contribution in [2.45, 2.75) is 25.0 Å². The number of thioether (sulfide) groups is 1. The van der Waals surface area contributed by atoms with Gasteiger partial charge in [-0.25, -0.2) is 0 Å². The van der Waals surface area contributed by atoms with Crippen LogP contribution in [0.15, 0.2) is 0 Å². The third kappa shape index (κ3) is 8.14. The molecule has 0 spiro atoms. The highest BCUT2D eigenvalue weighted by Crippen LogP contribution is 2.07. The van der Waals surface area contributed by atoms with Crippen LogP contribution < -0.4 is 5.32 Å². The molecular formula is C8H18FNS. The summed E-state index contributed by atoms with van der Waals surface area (Å²) in [4.78, 5) is 0. The quantitative estimate of drug-likeness (QED) is 0.600. The summed E-state index contributed by atoms with van der Waals surface area (Å²) in [6.07, 6.45) is 3.94. The number of hydrogen-bond donors (Lipinski definition) is 1. The van der Waals surface area contributed by atoms with Gasteiger partial charge in [-0.05, 0) is 32.2 Å². The molecule has 11 heavy (non-hydrogen) atoms. The minimum Gasteiger partial charge on any atom is -0.317 e. The highest BCUT2D eigenvalue weighted by molar-refractivity contribution is 7.99. The normalized spacial score (nSPS) is 13.4. The lowest BCUT2D eigenvalue weighted by molar-refractivity contribution is 0.458. The molecule has 1 nitrogen and oxygen atoms in total. The van der Waals surface area contributed by atoms with Crippen LogP contribution in [0.4, 0.5) is 4.39 Å². The maximum absolute atomic E-state index is 11.6. The summed E-state index contributed by atoms with van der Waals surface area (Å²) in [5.41, 5.74) is 0. The zero-order valence-corrected chi connectivity index (χ0v) is 8.22. The second kappa shape index (κ2) is 8.34. The van der Waals surface area contributed by atoms with Crippen LogP contribution in [0.5, 0.6) is 0 Å². The Balaban J connectivity index is 2.89. The monoisotopic (exact) mass is 179 g/mol. The van der Waals surface area contributed by atoms with Crippen LogP contribution >= 0.6 is 11.8 Å². The SMILES string of the molecule is CSC(C)CCNCCCF. The average Bonchev–Trinajstić information content (AvgIpc) is 2.04. The Kier molecular flexibility index (Phi) is 8.52. The van der Waals surface area contributed by atoms with Crippen molar-refractivity contribution in [1.82, 2.24) is 5.32 Å². The molecule has 0 aromatic carbocycles. The fraction of sp³-hybridized carbons (Fsp3) is 1.00. The molecular weight excluding hydrogens is 161 g/mol. The molecule has 0 aromatic rings. The molecule has 0 aliphatic rings. The zero-order valence-electron chi connectivity index (χ0n) is 7.40. The van der Waals surface area contributed by atoms with Gasteiger partial charge in [0.15, 0.2) is 0 Å². The molecule has 0 rings (SSSR count). The van der Waals surface area contributed by atoms with Gasteiger partial charge in [0.2, 0.25) is 0 Å². The van der Waals surface area contributed by atoms with E-state index in [2.05, 4.69) is 18.5 Å². The molecule has 0 heterocycles. The molecule has 0 aliphatic heterocycles. The first-order chi connectivity index (χ1) is 5.31. The lowest BCUT2D eigenvalue weighted by Crippen LogP contribution is -2.19. The number of hydrogen-bond acceptors (Lipinski definition) is 2. The van der Waals surface area contributed by atoms with Crippen LogP contribution in [-0.4, -0.2) is 31.3 Å². The van der Waals surface area contributed by atoms with Crippen LogP contribution in [0.2, 0.25) is 0 Å². The fourth-order valence-corrected chi connectivity index (χ4v) is 1.09. The Morgan fingerprint density at radius 2 is 2.18 bits per heavy atom. The van der Waals surface area contributed by atoms with Crippen molar-refractivity contribution in [3.63, 3.8) is 0 Å². The first-order valence-electron chi connectivity index (χ1n) is 4.10. The molecule has 1 atom stereocenters. The van der Waals surface area contributed by atoms with Crippen LogP contribution in [0, 0.1) is 0 Å². The number of nitrogens with one attached hydrogen (secondary N) is 1. The standard InChI is InChI=1S/C8H18FNS/c1-8(11-2)4-7-10-6-3-5-9/h8,10H,3-7H2,1-2H3. The van der Waals surface area contributed by atoms with E-state index in [9.17, 15) is 4.39 Å². The largest absolute Gasteiger partial charge is 0.317 e. The summed E-state index contributed by atoms with van der Waals surface area (Å²) in [5, 5.41) is 3.91. The van der Waals surface area contributed by atoms with E-state index in [-0.39, 0.29) is 6.67 Å².